The van der Waals surface area contributed by atoms with Gasteiger partial charge in [0.05, 0.1) is 11.6 Å². The Morgan fingerprint density at radius 2 is 2.09 bits per heavy atom. The van der Waals surface area contributed by atoms with E-state index in [0.29, 0.717) is 16.5 Å². The molecule has 5 rings (SSSR count). The molecule has 2 N–H and O–H groups in total. The number of likely N-dealkylation sites (N-methyl/N-ethyl adjacent to an activating group) is 1. The molecule has 1 amide bonds. The number of guanidine groups is 1. The highest BCUT2D eigenvalue weighted by molar-refractivity contribution is 7.10. The van der Waals surface area contributed by atoms with Gasteiger partial charge in [-0.15, -0.1) is 17.3 Å². The number of rotatable bonds is 3. The van der Waals surface area contributed by atoms with Crippen molar-refractivity contribution in [2.24, 2.45) is 0 Å². The van der Waals surface area contributed by atoms with Gasteiger partial charge in [-0.3, -0.25) is 20.1 Å². The molecule has 3 aromatic rings. The second-order valence-electron chi connectivity index (χ2n) is 7.99. The molecule has 0 saturated carbocycles. The topological polar surface area (TPSA) is 100 Å². The van der Waals surface area contributed by atoms with Crippen LogP contribution < -0.4 is 14.8 Å². The van der Waals surface area contributed by atoms with Gasteiger partial charge in [-0.1, -0.05) is 12.0 Å². The molecule has 0 bridgehead atoms. The molecule has 0 spiro atoms. The number of fused-ring (bicyclic) bond motifs is 1. The van der Waals surface area contributed by atoms with Gasteiger partial charge in [0.2, 0.25) is 12.7 Å². The van der Waals surface area contributed by atoms with Gasteiger partial charge in [0.25, 0.3) is 0 Å². The van der Waals surface area contributed by atoms with Crippen molar-refractivity contribution >= 4 is 23.2 Å². The molecule has 9 heteroatoms. The van der Waals surface area contributed by atoms with Crippen molar-refractivity contribution in [3.05, 3.63) is 58.2 Å². The number of hydrogen-bond donors (Lipinski definition) is 2. The van der Waals surface area contributed by atoms with Crippen molar-refractivity contribution in [3.8, 4) is 34.6 Å². The standard InChI is InChI=1S/C24H21N5O3S/c1-4-5-14-8-16(11-26-10-14)17-12-33-22(27-17)24(2)20(21(30)29(3)23(25)28-24)15-6-7-18-19(9-15)32-13-31-18/h6-12,20H,13H2,1-3H3,(H2,25,28)/t20-,24+/m1/s1. The maximum atomic E-state index is 13.4. The number of pyridine rings is 1. The van der Waals surface area contributed by atoms with Crippen molar-refractivity contribution in [1.29, 1.82) is 5.41 Å². The van der Waals surface area contributed by atoms with Gasteiger partial charge in [0.1, 0.15) is 10.5 Å². The van der Waals surface area contributed by atoms with Gasteiger partial charge in [0, 0.05) is 35.9 Å². The average molecular weight is 460 g/mol. The number of carbonyl (C=O) groups is 1. The summed E-state index contributed by atoms with van der Waals surface area (Å²) in [6.45, 7) is 3.84. The number of thiazole rings is 1. The van der Waals surface area contributed by atoms with Crippen LogP contribution in [0.25, 0.3) is 11.3 Å². The normalized spacial score (nSPS) is 21.4. The molecule has 1 fully saturated rings. The zero-order valence-corrected chi connectivity index (χ0v) is 19.1. The van der Waals surface area contributed by atoms with Crippen LogP contribution in [-0.2, 0) is 10.3 Å². The quantitative estimate of drug-likeness (QED) is 0.583. The fourth-order valence-corrected chi connectivity index (χ4v) is 5.11. The Bertz CT molecular complexity index is 1340. The first-order valence-electron chi connectivity index (χ1n) is 10.3. The predicted molar refractivity (Wildman–Crippen MR) is 124 cm³/mol. The number of nitrogens with zero attached hydrogens (tertiary/aromatic N) is 3. The lowest BCUT2D eigenvalue weighted by molar-refractivity contribution is -0.131. The monoisotopic (exact) mass is 459 g/mol. The van der Waals surface area contributed by atoms with Gasteiger partial charge < -0.3 is 14.8 Å². The van der Waals surface area contributed by atoms with Gasteiger partial charge in [-0.05, 0) is 37.6 Å². The zero-order chi connectivity index (χ0) is 23.2. The third kappa shape index (κ3) is 3.49. The Labute approximate surface area is 195 Å². The summed E-state index contributed by atoms with van der Waals surface area (Å²) in [5.41, 5.74) is 2.22. The summed E-state index contributed by atoms with van der Waals surface area (Å²) in [6, 6.07) is 7.45. The van der Waals surface area contributed by atoms with Crippen LogP contribution >= 0.6 is 11.3 Å². The lowest BCUT2D eigenvalue weighted by atomic mass is 9.78. The van der Waals surface area contributed by atoms with E-state index in [0.717, 1.165) is 22.4 Å². The summed E-state index contributed by atoms with van der Waals surface area (Å²) < 4.78 is 11.0. The maximum Gasteiger partial charge on any atom is 0.239 e. The molecule has 2 atom stereocenters. The Hall–Kier alpha value is -3.90. The SMILES string of the molecule is CC#Cc1cncc(-c2csc([C@@]3(C)NC(=N)N(C)C(=O)[C@H]3c3ccc4c(c3)OCO4)n2)c1. The fourth-order valence-electron chi connectivity index (χ4n) is 4.14. The van der Waals surface area contributed by atoms with E-state index >= 15 is 0 Å². The molecular weight excluding hydrogens is 438 g/mol. The van der Waals surface area contributed by atoms with Crippen LogP contribution in [0.2, 0.25) is 0 Å². The van der Waals surface area contributed by atoms with E-state index in [1.165, 1.54) is 16.2 Å². The number of hydrogen-bond acceptors (Lipinski definition) is 7. The van der Waals surface area contributed by atoms with E-state index < -0.39 is 11.5 Å². The number of benzene rings is 1. The number of nitrogens with one attached hydrogen (secondary N) is 2. The van der Waals surface area contributed by atoms with Gasteiger partial charge in [-0.25, -0.2) is 4.98 Å². The molecule has 33 heavy (non-hydrogen) atoms. The lowest BCUT2D eigenvalue weighted by Gasteiger charge is -2.44. The molecule has 0 unspecified atom stereocenters. The molecule has 166 valence electrons. The van der Waals surface area contributed by atoms with E-state index in [4.69, 9.17) is 19.9 Å². The van der Waals surface area contributed by atoms with Crippen molar-refractivity contribution in [3.63, 3.8) is 0 Å². The van der Waals surface area contributed by atoms with E-state index in [2.05, 4.69) is 22.1 Å². The van der Waals surface area contributed by atoms with Crippen LogP contribution in [0, 0.1) is 17.3 Å². The van der Waals surface area contributed by atoms with Crippen LogP contribution in [0.5, 0.6) is 11.5 Å². The average Bonchev–Trinajstić information content (AvgIpc) is 3.48. The highest BCUT2D eigenvalue weighted by Crippen LogP contribution is 2.45. The molecule has 2 aliphatic rings. The summed E-state index contributed by atoms with van der Waals surface area (Å²) in [6.07, 6.45) is 3.45. The van der Waals surface area contributed by atoms with Crippen LogP contribution in [0.4, 0.5) is 0 Å². The molecule has 1 saturated heterocycles. The van der Waals surface area contributed by atoms with Crippen LogP contribution in [0.1, 0.15) is 35.9 Å². The Balaban J connectivity index is 1.58. The molecule has 2 aliphatic heterocycles. The number of carbonyl (C=O) groups excluding carboxylic acids is 1. The molecule has 8 nitrogen and oxygen atoms in total. The Kier molecular flexibility index (Phi) is 5.02. The third-order valence-corrected chi connectivity index (χ3v) is 6.93. The summed E-state index contributed by atoms with van der Waals surface area (Å²) in [4.78, 5) is 23.9. The molecule has 4 heterocycles. The van der Waals surface area contributed by atoms with Crippen molar-refractivity contribution in [1.82, 2.24) is 20.2 Å². The molecular formula is C24H21N5O3S. The summed E-state index contributed by atoms with van der Waals surface area (Å²) in [5.74, 6) is 6.35. The molecule has 0 radical (unpaired) electrons. The largest absolute Gasteiger partial charge is 0.454 e. The van der Waals surface area contributed by atoms with Crippen LogP contribution in [0.15, 0.2) is 42.0 Å². The zero-order valence-electron chi connectivity index (χ0n) is 18.3. The smallest absolute Gasteiger partial charge is 0.239 e. The highest BCUT2D eigenvalue weighted by atomic mass is 32.1. The van der Waals surface area contributed by atoms with E-state index in [-0.39, 0.29) is 18.7 Å². The number of aromatic nitrogens is 2. The van der Waals surface area contributed by atoms with Crippen molar-refractivity contribution < 1.29 is 14.3 Å². The Morgan fingerprint density at radius 3 is 2.91 bits per heavy atom. The maximum absolute atomic E-state index is 13.4. The highest BCUT2D eigenvalue weighted by Gasteiger charge is 2.50. The molecule has 1 aromatic carbocycles. The third-order valence-electron chi connectivity index (χ3n) is 5.85. The molecule has 2 aromatic heterocycles. The van der Waals surface area contributed by atoms with Crippen LogP contribution in [0.3, 0.4) is 0 Å². The minimum atomic E-state index is -0.939. The summed E-state index contributed by atoms with van der Waals surface area (Å²) >= 11 is 1.44. The minimum Gasteiger partial charge on any atom is -0.454 e. The van der Waals surface area contributed by atoms with Gasteiger partial charge in [0.15, 0.2) is 17.5 Å². The van der Waals surface area contributed by atoms with Crippen molar-refractivity contribution in [2.75, 3.05) is 13.8 Å². The van der Waals surface area contributed by atoms with E-state index in [1.807, 2.05) is 36.6 Å². The number of amides is 1. The van der Waals surface area contributed by atoms with Gasteiger partial charge >= 0.3 is 0 Å². The predicted octanol–water partition coefficient (Wildman–Crippen LogP) is 3.30. The van der Waals surface area contributed by atoms with Crippen LogP contribution in [-0.4, -0.2) is 40.6 Å². The van der Waals surface area contributed by atoms with Gasteiger partial charge in [-0.2, -0.15) is 0 Å². The van der Waals surface area contributed by atoms with Crippen molar-refractivity contribution in [2.45, 2.75) is 25.3 Å². The summed E-state index contributed by atoms with van der Waals surface area (Å²) in [7, 11) is 1.59. The number of ether oxygens (including phenoxy) is 2. The first-order chi connectivity index (χ1) is 15.9. The second kappa shape index (κ2) is 7.90. The fraction of sp³-hybridized carbons (Fsp3) is 0.250. The molecule has 0 aliphatic carbocycles. The minimum absolute atomic E-state index is 0.0260. The van der Waals surface area contributed by atoms with E-state index in [1.54, 1.807) is 26.4 Å². The second-order valence-corrected chi connectivity index (χ2v) is 8.85. The Morgan fingerprint density at radius 1 is 1.27 bits per heavy atom. The lowest BCUT2D eigenvalue weighted by Crippen LogP contribution is -2.62. The summed E-state index contributed by atoms with van der Waals surface area (Å²) in [5, 5.41) is 14.2. The first kappa shape index (κ1) is 21.0. The van der Waals surface area contributed by atoms with E-state index in [9.17, 15) is 4.79 Å². The first-order valence-corrected chi connectivity index (χ1v) is 11.2.